The lowest BCUT2D eigenvalue weighted by atomic mass is 10.1. The van der Waals surface area contributed by atoms with Gasteiger partial charge in [-0.2, -0.15) is 0 Å². The fourth-order valence-electron chi connectivity index (χ4n) is 1.59. The minimum absolute atomic E-state index is 0.881. The maximum absolute atomic E-state index is 4.49. The number of rotatable bonds is 0. The van der Waals surface area contributed by atoms with Crippen LogP contribution in [0.4, 0.5) is 0 Å². The van der Waals surface area contributed by atoms with Gasteiger partial charge < -0.3 is 0 Å². The molecule has 64 valence electrons. The molecule has 0 N–H and O–H groups in total. The summed E-state index contributed by atoms with van der Waals surface area (Å²) in [6, 6.07) is 20.1. The fourth-order valence-corrected chi connectivity index (χ4v) is 1.59. The lowest BCUT2D eigenvalue weighted by molar-refractivity contribution is 1.49. The zero-order valence-corrected chi connectivity index (χ0v) is 7.49. The van der Waals surface area contributed by atoms with Crippen molar-refractivity contribution in [2.45, 2.75) is 0 Å². The van der Waals surface area contributed by atoms with Crippen molar-refractivity contribution in [2.24, 2.45) is 0 Å². The number of para-hydroxylation sites is 1. The standard InChI is InChI=1S/C13H7N/c1-3-7-12-10(5-1)9-11-6-2-4-8-13(11)14-12/h1-5,7,9H. The molecule has 0 aliphatic heterocycles. The van der Waals surface area contributed by atoms with Crippen LogP contribution < -0.4 is 0 Å². The SMILES string of the molecule is [c]1cc[c]c2nc3ccccc3cc12. The van der Waals surface area contributed by atoms with Crippen molar-refractivity contribution in [1.29, 1.82) is 0 Å². The number of nitrogens with zero attached hydrogens (tertiary/aromatic N) is 1. The number of hydrogen-bond donors (Lipinski definition) is 0. The average Bonchev–Trinajstić information content (AvgIpc) is 2.26. The zero-order valence-electron chi connectivity index (χ0n) is 7.49. The number of hydrogen-bond acceptors (Lipinski definition) is 1. The smallest absolute Gasteiger partial charge is 0.0795 e. The largest absolute Gasteiger partial charge is 0.247 e. The van der Waals surface area contributed by atoms with Gasteiger partial charge in [0.25, 0.3) is 0 Å². The molecular formula is C13H7N. The Hall–Kier alpha value is -1.89. The Morgan fingerprint density at radius 3 is 2.86 bits per heavy atom. The van der Waals surface area contributed by atoms with Crippen LogP contribution in [0.2, 0.25) is 0 Å². The van der Waals surface area contributed by atoms with Crippen LogP contribution in [-0.2, 0) is 0 Å². The van der Waals surface area contributed by atoms with Gasteiger partial charge in [0.2, 0.25) is 0 Å². The molecule has 0 atom stereocenters. The summed E-state index contributed by atoms with van der Waals surface area (Å²) in [7, 11) is 0. The van der Waals surface area contributed by atoms with Gasteiger partial charge in [0.1, 0.15) is 0 Å². The van der Waals surface area contributed by atoms with Crippen LogP contribution in [0.3, 0.4) is 0 Å². The fraction of sp³-hybridized carbons (Fsp3) is 0. The maximum Gasteiger partial charge on any atom is 0.0795 e. The lowest BCUT2D eigenvalue weighted by Gasteiger charge is -1.99. The minimum atomic E-state index is 0.881. The Kier molecular flexibility index (Phi) is 1.51. The summed E-state index contributed by atoms with van der Waals surface area (Å²) in [4.78, 5) is 4.49. The minimum Gasteiger partial charge on any atom is -0.247 e. The summed E-state index contributed by atoms with van der Waals surface area (Å²) >= 11 is 0. The molecule has 14 heavy (non-hydrogen) atoms. The van der Waals surface area contributed by atoms with Gasteiger partial charge in [-0.1, -0.05) is 30.3 Å². The highest BCUT2D eigenvalue weighted by Gasteiger charge is 1.97. The van der Waals surface area contributed by atoms with Gasteiger partial charge in [-0.3, -0.25) is 0 Å². The highest BCUT2D eigenvalue weighted by molar-refractivity contribution is 5.91. The van der Waals surface area contributed by atoms with Crippen molar-refractivity contribution in [2.75, 3.05) is 0 Å². The van der Waals surface area contributed by atoms with Crippen molar-refractivity contribution in [3.63, 3.8) is 0 Å². The molecule has 0 bridgehead atoms. The van der Waals surface area contributed by atoms with Gasteiger partial charge in [-0.05, 0) is 18.2 Å². The molecule has 0 amide bonds. The van der Waals surface area contributed by atoms with Gasteiger partial charge in [0, 0.05) is 16.8 Å². The Bertz CT molecular complexity index is 494. The summed E-state index contributed by atoms with van der Waals surface area (Å²) in [5, 5.41) is 2.17. The van der Waals surface area contributed by atoms with Crippen molar-refractivity contribution >= 4 is 21.8 Å². The Morgan fingerprint density at radius 2 is 1.86 bits per heavy atom. The maximum atomic E-state index is 4.49. The number of aromatic nitrogens is 1. The molecule has 0 fully saturated rings. The summed E-state index contributed by atoms with van der Waals surface area (Å²) in [5.74, 6) is 0. The Balaban J connectivity index is 2.52. The Labute approximate surface area is 82.0 Å². The van der Waals surface area contributed by atoms with E-state index in [2.05, 4.69) is 29.2 Å². The first-order valence-corrected chi connectivity index (χ1v) is 4.51. The molecule has 2 radical (unpaired) electrons. The molecular weight excluding hydrogens is 170 g/mol. The summed E-state index contributed by atoms with van der Waals surface area (Å²) in [5.41, 5.74) is 1.89. The summed E-state index contributed by atoms with van der Waals surface area (Å²) < 4.78 is 0. The van der Waals surface area contributed by atoms with Crippen LogP contribution in [0.5, 0.6) is 0 Å². The molecule has 0 spiro atoms. The summed E-state index contributed by atoms with van der Waals surface area (Å²) in [6.07, 6.45) is 0. The molecule has 2 aromatic carbocycles. The first-order chi connectivity index (χ1) is 6.93. The van der Waals surface area contributed by atoms with Crippen LogP contribution in [-0.4, -0.2) is 4.98 Å². The molecule has 1 heteroatoms. The zero-order chi connectivity index (χ0) is 9.38. The second-order valence-electron chi connectivity index (χ2n) is 3.20. The van der Waals surface area contributed by atoms with Crippen molar-refractivity contribution in [3.05, 3.63) is 54.6 Å². The highest BCUT2D eigenvalue weighted by atomic mass is 14.7. The number of fused-ring (bicyclic) bond motifs is 2. The van der Waals surface area contributed by atoms with Gasteiger partial charge in [-0.15, -0.1) is 0 Å². The number of pyridine rings is 1. The molecule has 0 aliphatic rings. The van der Waals surface area contributed by atoms with E-state index in [-0.39, 0.29) is 0 Å². The van der Waals surface area contributed by atoms with E-state index < -0.39 is 0 Å². The van der Waals surface area contributed by atoms with Crippen LogP contribution in [0, 0.1) is 12.1 Å². The predicted octanol–water partition coefficient (Wildman–Crippen LogP) is 2.99. The van der Waals surface area contributed by atoms with Gasteiger partial charge in [-0.25, -0.2) is 4.98 Å². The topological polar surface area (TPSA) is 12.9 Å². The molecule has 0 aliphatic carbocycles. The van der Waals surface area contributed by atoms with E-state index in [1.807, 2.05) is 30.3 Å². The molecule has 0 unspecified atom stereocenters. The highest BCUT2D eigenvalue weighted by Crippen LogP contribution is 2.17. The van der Waals surface area contributed by atoms with Gasteiger partial charge in [0.15, 0.2) is 0 Å². The molecule has 0 saturated heterocycles. The second-order valence-corrected chi connectivity index (χ2v) is 3.20. The van der Waals surface area contributed by atoms with Crippen molar-refractivity contribution in [3.8, 4) is 0 Å². The normalized spacial score (nSPS) is 10.9. The van der Waals surface area contributed by atoms with E-state index in [1.54, 1.807) is 0 Å². The molecule has 1 nitrogen and oxygen atoms in total. The van der Waals surface area contributed by atoms with E-state index in [9.17, 15) is 0 Å². The first-order valence-electron chi connectivity index (χ1n) is 4.51. The van der Waals surface area contributed by atoms with Gasteiger partial charge in [0.05, 0.1) is 11.0 Å². The van der Waals surface area contributed by atoms with Crippen molar-refractivity contribution in [1.82, 2.24) is 4.98 Å². The van der Waals surface area contributed by atoms with Crippen LogP contribution >= 0.6 is 0 Å². The van der Waals surface area contributed by atoms with E-state index in [4.69, 9.17) is 0 Å². The quantitative estimate of drug-likeness (QED) is 0.481. The third kappa shape index (κ3) is 1.06. The van der Waals surface area contributed by atoms with Gasteiger partial charge >= 0.3 is 0 Å². The van der Waals surface area contributed by atoms with Crippen LogP contribution in [0.25, 0.3) is 21.8 Å². The molecule has 3 aromatic rings. The van der Waals surface area contributed by atoms with E-state index in [1.165, 1.54) is 0 Å². The van der Waals surface area contributed by atoms with Crippen molar-refractivity contribution < 1.29 is 0 Å². The summed E-state index contributed by atoms with van der Waals surface area (Å²) in [6.45, 7) is 0. The van der Waals surface area contributed by atoms with E-state index in [0.29, 0.717) is 0 Å². The predicted molar refractivity (Wildman–Crippen MR) is 56.9 cm³/mol. The second kappa shape index (κ2) is 2.81. The molecule has 3 rings (SSSR count). The lowest BCUT2D eigenvalue weighted by Crippen LogP contribution is -1.81. The Morgan fingerprint density at radius 1 is 1.00 bits per heavy atom. The van der Waals surface area contributed by atoms with E-state index in [0.717, 1.165) is 21.8 Å². The molecule has 1 heterocycles. The molecule has 0 saturated carbocycles. The third-order valence-corrected chi connectivity index (χ3v) is 2.27. The monoisotopic (exact) mass is 177 g/mol. The van der Waals surface area contributed by atoms with Crippen LogP contribution in [0.15, 0.2) is 42.5 Å². The first kappa shape index (κ1) is 7.51. The number of benzene rings is 2. The third-order valence-electron chi connectivity index (χ3n) is 2.27. The molecule has 1 aromatic heterocycles. The van der Waals surface area contributed by atoms with Crippen LogP contribution in [0.1, 0.15) is 0 Å². The van der Waals surface area contributed by atoms with E-state index >= 15 is 0 Å². The average molecular weight is 177 g/mol.